The second-order valence-corrected chi connectivity index (χ2v) is 4.65. The molecule has 1 aromatic rings. The van der Waals surface area contributed by atoms with Crippen LogP contribution in [0.15, 0.2) is 16.6 Å². The Morgan fingerprint density at radius 2 is 1.94 bits per heavy atom. The Labute approximate surface area is 104 Å². The van der Waals surface area contributed by atoms with Gasteiger partial charge < -0.3 is 14.8 Å². The van der Waals surface area contributed by atoms with Crippen molar-refractivity contribution in [1.29, 1.82) is 0 Å². The molecule has 16 heavy (non-hydrogen) atoms. The molecule has 0 fully saturated rings. The fourth-order valence-electron chi connectivity index (χ4n) is 1.83. The van der Waals surface area contributed by atoms with Gasteiger partial charge in [-0.15, -0.1) is 0 Å². The Kier molecular flexibility index (Phi) is 3.71. The molecule has 1 heterocycles. The Bertz CT molecular complexity index is 382. The van der Waals surface area contributed by atoms with Gasteiger partial charge >= 0.3 is 0 Å². The number of fused-ring (bicyclic) bond motifs is 1. The van der Waals surface area contributed by atoms with Crippen LogP contribution in [0.5, 0.6) is 11.5 Å². The van der Waals surface area contributed by atoms with Crippen LogP contribution >= 0.6 is 15.9 Å². The van der Waals surface area contributed by atoms with Crippen LogP contribution in [0, 0.1) is 0 Å². The van der Waals surface area contributed by atoms with Crippen LogP contribution in [0.4, 0.5) is 0 Å². The van der Waals surface area contributed by atoms with E-state index in [0.29, 0.717) is 19.3 Å². The summed E-state index contributed by atoms with van der Waals surface area (Å²) < 4.78 is 12.2. The van der Waals surface area contributed by atoms with E-state index in [9.17, 15) is 0 Å². The highest BCUT2D eigenvalue weighted by atomic mass is 79.9. The van der Waals surface area contributed by atoms with Crippen LogP contribution in [0.2, 0.25) is 0 Å². The highest BCUT2D eigenvalue weighted by Crippen LogP contribution is 2.37. The summed E-state index contributed by atoms with van der Waals surface area (Å²) in [5.74, 6) is 1.67. The molecule has 0 saturated heterocycles. The summed E-state index contributed by atoms with van der Waals surface area (Å²) in [5.41, 5.74) is 1.20. The molecule has 0 bridgehead atoms. The maximum Gasteiger partial charge on any atom is 0.162 e. The number of benzene rings is 1. The first kappa shape index (κ1) is 11.7. The molecule has 0 radical (unpaired) electrons. The molecule has 0 aromatic heterocycles. The molecule has 88 valence electrons. The summed E-state index contributed by atoms with van der Waals surface area (Å²) in [6.07, 6.45) is 0. The maximum absolute atomic E-state index is 5.57. The van der Waals surface area contributed by atoms with Crippen molar-refractivity contribution in [3.8, 4) is 11.5 Å². The average Bonchev–Trinajstić information content (AvgIpc) is 2.28. The van der Waals surface area contributed by atoms with E-state index in [-0.39, 0.29) is 0 Å². The first-order chi connectivity index (χ1) is 7.72. The van der Waals surface area contributed by atoms with Crippen molar-refractivity contribution >= 4 is 15.9 Å². The van der Waals surface area contributed by atoms with Gasteiger partial charge in [0.1, 0.15) is 13.2 Å². The molecular weight excluding hydrogens is 270 g/mol. The Morgan fingerprint density at radius 3 is 2.56 bits per heavy atom. The molecule has 4 heteroatoms. The third-order valence-corrected chi connectivity index (χ3v) is 3.33. The summed E-state index contributed by atoms with van der Waals surface area (Å²) in [6.45, 7) is 6.44. The summed E-state index contributed by atoms with van der Waals surface area (Å²) >= 11 is 3.57. The zero-order valence-corrected chi connectivity index (χ0v) is 11.1. The van der Waals surface area contributed by atoms with Gasteiger partial charge in [-0.05, 0) is 31.2 Å². The van der Waals surface area contributed by atoms with E-state index in [4.69, 9.17) is 9.47 Å². The molecule has 1 atom stereocenters. The number of ether oxygens (including phenoxy) is 2. The van der Waals surface area contributed by atoms with Gasteiger partial charge in [0.15, 0.2) is 11.5 Å². The molecule has 1 N–H and O–H groups in total. The predicted molar refractivity (Wildman–Crippen MR) is 67.2 cm³/mol. The van der Waals surface area contributed by atoms with E-state index in [1.165, 1.54) is 5.56 Å². The van der Waals surface area contributed by atoms with Crippen LogP contribution in [-0.2, 0) is 0 Å². The molecular formula is C12H16BrNO2. The third kappa shape index (κ3) is 2.33. The first-order valence-corrected chi connectivity index (χ1v) is 6.34. The Hall–Kier alpha value is -0.740. The average molecular weight is 286 g/mol. The van der Waals surface area contributed by atoms with Crippen LogP contribution < -0.4 is 14.8 Å². The molecule has 1 aromatic carbocycles. The third-order valence-electron chi connectivity index (χ3n) is 2.64. The lowest BCUT2D eigenvalue weighted by Gasteiger charge is -2.22. The first-order valence-electron chi connectivity index (χ1n) is 5.54. The summed E-state index contributed by atoms with van der Waals surface area (Å²) in [4.78, 5) is 0. The zero-order valence-electron chi connectivity index (χ0n) is 9.55. The minimum atomic E-state index is 0.301. The van der Waals surface area contributed by atoms with Gasteiger partial charge in [-0.3, -0.25) is 0 Å². The number of halogens is 1. The quantitative estimate of drug-likeness (QED) is 0.926. The van der Waals surface area contributed by atoms with E-state index in [1.54, 1.807) is 0 Å². The minimum absolute atomic E-state index is 0.301. The van der Waals surface area contributed by atoms with Crippen LogP contribution in [0.3, 0.4) is 0 Å². The van der Waals surface area contributed by atoms with Gasteiger partial charge in [0.2, 0.25) is 0 Å². The van der Waals surface area contributed by atoms with Crippen LogP contribution in [-0.4, -0.2) is 19.8 Å². The molecule has 3 nitrogen and oxygen atoms in total. The van der Waals surface area contributed by atoms with Crippen molar-refractivity contribution in [1.82, 2.24) is 5.32 Å². The lowest BCUT2D eigenvalue weighted by Crippen LogP contribution is -2.20. The molecule has 0 saturated carbocycles. The smallest absolute Gasteiger partial charge is 0.162 e. The van der Waals surface area contributed by atoms with Gasteiger partial charge in [-0.1, -0.05) is 22.9 Å². The second kappa shape index (κ2) is 5.06. The fraction of sp³-hybridized carbons (Fsp3) is 0.500. The predicted octanol–water partition coefficient (Wildman–Crippen LogP) is 2.89. The van der Waals surface area contributed by atoms with Crippen molar-refractivity contribution < 1.29 is 9.47 Å². The highest BCUT2D eigenvalue weighted by molar-refractivity contribution is 9.10. The summed E-state index contributed by atoms with van der Waals surface area (Å²) in [6, 6.07) is 4.33. The van der Waals surface area contributed by atoms with E-state index in [2.05, 4.69) is 35.1 Å². The second-order valence-electron chi connectivity index (χ2n) is 3.80. The van der Waals surface area contributed by atoms with Crippen molar-refractivity contribution in [2.45, 2.75) is 19.9 Å². The Morgan fingerprint density at radius 1 is 1.31 bits per heavy atom. The fourth-order valence-corrected chi connectivity index (χ4v) is 2.49. The van der Waals surface area contributed by atoms with E-state index < -0.39 is 0 Å². The maximum atomic E-state index is 5.57. The van der Waals surface area contributed by atoms with Crippen molar-refractivity contribution in [2.24, 2.45) is 0 Å². The summed E-state index contributed by atoms with van der Waals surface area (Å²) in [7, 11) is 0. The normalized spacial score (nSPS) is 15.9. The van der Waals surface area contributed by atoms with Gasteiger partial charge in [-0.25, -0.2) is 0 Å². The number of hydrogen-bond donors (Lipinski definition) is 1. The van der Waals surface area contributed by atoms with Gasteiger partial charge in [-0.2, -0.15) is 0 Å². The van der Waals surface area contributed by atoms with Crippen LogP contribution in [0.25, 0.3) is 0 Å². The molecule has 1 unspecified atom stereocenters. The molecule has 1 aliphatic rings. The molecule has 2 rings (SSSR count). The number of rotatable bonds is 3. The molecule has 0 amide bonds. The monoisotopic (exact) mass is 285 g/mol. The topological polar surface area (TPSA) is 30.5 Å². The number of hydrogen-bond acceptors (Lipinski definition) is 3. The van der Waals surface area contributed by atoms with E-state index in [1.807, 2.05) is 12.1 Å². The molecule has 0 spiro atoms. The largest absolute Gasteiger partial charge is 0.486 e. The zero-order chi connectivity index (χ0) is 11.5. The van der Waals surface area contributed by atoms with Crippen LogP contribution in [0.1, 0.15) is 25.5 Å². The van der Waals surface area contributed by atoms with Gasteiger partial charge in [0, 0.05) is 10.5 Å². The van der Waals surface area contributed by atoms with E-state index >= 15 is 0 Å². The molecule has 1 aliphatic heterocycles. The summed E-state index contributed by atoms with van der Waals surface area (Å²) in [5, 5.41) is 3.38. The van der Waals surface area contributed by atoms with Crippen molar-refractivity contribution in [3.63, 3.8) is 0 Å². The number of nitrogens with one attached hydrogen (secondary N) is 1. The van der Waals surface area contributed by atoms with E-state index in [0.717, 1.165) is 22.5 Å². The van der Waals surface area contributed by atoms with Crippen molar-refractivity contribution in [2.75, 3.05) is 19.8 Å². The standard InChI is InChI=1S/C12H16BrNO2/c1-3-14-8(2)9-6-11-12(7-10(9)13)16-5-4-15-11/h6-8,14H,3-5H2,1-2H3. The lowest BCUT2D eigenvalue weighted by atomic mass is 10.1. The SMILES string of the molecule is CCNC(C)c1cc2c(cc1Br)OCCO2. The molecule has 0 aliphatic carbocycles. The highest BCUT2D eigenvalue weighted by Gasteiger charge is 2.17. The van der Waals surface area contributed by atoms with Gasteiger partial charge in [0.25, 0.3) is 0 Å². The minimum Gasteiger partial charge on any atom is -0.486 e. The lowest BCUT2D eigenvalue weighted by molar-refractivity contribution is 0.171. The van der Waals surface area contributed by atoms with Gasteiger partial charge in [0.05, 0.1) is 0 Å². The Balaban J connectivity index is 2.31. The van der Waals surface area contributed by atoms with Crippen molar-refractivity contribution in [3.05, 3.63) is 22.2 Å².